The molecule has 0 heterocycles. The van der Waals surface area contributed by atoms with Crippen LogP contribution in [0.25, 0.3) is 0 Å². The molecule has 2 aromatic rings. The van der Waals surface area contributed by atoms with Gasteiger partial charge in [-0.15, -0.1) is 0 Å². The highest BCUT2D eigenvalue weighted by molar-refractivity contribution is 6.30. The zero-order valence-corrected chi connectivity index (χ0v) is 16.7. The van der Waals surface area contributed by atoms with Crippen LogP contribution >= 0.6 is 11.6 Å². The topological polar surface area (TPSA) is 76.7 Å². The van der Waals surface area contributed by atoms with Crippen molar-refractivity contribution in [2.24, 2.45) is 0 Å². The standard InChI is InChI=1S/C20H17ClF4N2O4/c1-11(27-20(29)10-30-12-2-3-13(21)14(22)6-12)4-5-26-19(28)9-31-18-8-16(24)15(23)7-17(18)25/h2-3,6-8H,1,4-5,9-10H2,(H,26,28)(H,27,29). The molecule has 166 valence electrons. The Morgan fingerprint density at radius 2 is 1.58 bits per heavy atom. The van der Waals surface area contributed by atoms with Crippen LogP contribution in [0.15, 0.2) is 42.6 Å². The molecule has 6 nitrogen and oxygen atoms in total. The normalized spacial score (nSPS) is 10.4. The van der Waals surface area contributed by atoms with Crippen molar-refractivity contribution < 1.29 is 36.6 Å². The second-order valence-electron chi connectivity index (χ2n) is 6.10. The molecule has 2 N–H and O–H groups in total. The molecule has 0 unspecified atom stereocenters. The third-order valence-corrected chi connectivity index (χ3v) is 3.97. The molecule has 11 heteroatoms. The van der Waals surface area contributed by atoms with E-state index in [2.05, 4.69) is 17.2 Å². The summed E-state index contributed by atoms with van der Waals surface area (Å²) in [5.41, 5.74) is 0.267. The van der Waals surface area contributed by atoms with Crippen LogP contribution in [0, 0.1) is 23.3 Å². The molecule has 0 bridgehead atoms. The van der Waals surface area contributed by atoms with Gasteiger partial charge in [0.15, 0.2) is 36.4 Å². The lowest BCUT2D eigenvalue weighted by Gasteiger charge is -2.11. The Kier molecular flexibility index (Phi) is 8.68. The van der Waals surface area contributed by atoms with Crippen LogP contribution in [0.2, 0.25) is 5.02 Å². The van der Waals surface area contributed by atoms with E-state index < -0.39 is 54.0 Å². The lowest BCUT2D eigenvalue weighted by atomic mass is 10.3. The van der Waals surface area contributed by atoms with Crippen molar-refractivity contribution in [1.29, 1.82) is 0 Å². The third-order valence-electron chi connectivity index (χ3n) is 3.66. The van der Waals surface area contributed by atoms with E-state index in [-0.39, 0.29) is 29.4 Å². The summed E-state index contributed by atoms with van der Waals surface area (Å²) in [5, 5.41) is 4.78. The number of hydrogen-bond acceptors (Lipinski definition) is 4. The van der Waals surface area contributed by atoms with Crippen molar-refractivity contribution in [1.82, 2.24) is 10.6 Å². The molecule has 0 atom stereocenters. The predicted octanol–water partition coefficient (Wildman–Crippen LogP) is 3.49. The molecule has 0 radical (unpaired) electrons. The van der Waals surface area contributed by atoms with Crippen molar-refractivity contribution in [2.75, 3.05) is 19.8 Å². The SMILES string of the molecule is C=C(CCNC(=O)COc1cc(F)c(F)cc1F)NC(=O)COc1ccc(Cl)c(F)c1. The molecule has 0 aliphatic carbocycles. The summed E-state index contributed by atoms with van der Waals surface area (Å²) in [5.74, 6) is -6.21. The summed E-state index contributed by atoms with van der Waals surface area (Å²) >= 11 is 5.55. The highest BCUT2D eigenvalue weighted by atomic mass is 35.5. The Hall–Kier alpha value is -3.27. The van der Waals surface area contributed by atoms with E-state index in [1.807, 2.05) is 0 Å². The lowest BCUT2D eigenvalue weighted by molar-refractivity contribution is -0.123. The summed E-state index contributed by atoms with van der Waals surface area (Å²) in [6, 6.07) is 4.53. The maximum Gasteiger partial charge on any atom is 0.262 e. The number of hydrogen-bond donors (Lipinski definition) is 2. The van der Waals surface area contributed by atoms with Crippen LogP contribution in [-0.2, 0) is 9.59 Å². The number of halogens is 5. The summed E-state index contributed by atoms with van der Waals surface area (Å²) in [7, 11) is 0. The van der Waals surface area contributed by atoms with E-state index in [1.165, 1.54) is 12.1 Å². The van der Waals surface area contributed by atoms with Crippen LogP contribution < -0.4 is 20.1 Å². The number of carbonyl (C=O) groups is 2. The van der Waals surface area contributed by atoms with Gasteiger partial charge in [0, 0.05) is 36.9 Å². The van der Waals surface area contributed by atoms with Gasteiger partial charge in [0.25, 0.3) is 11.8 Å². The first-order valence-electron chi connectivity index (χ1n) is 8.75. The number of ether oxygens (including phenoxy) is 2. The maximum atomic E-state index is 13.4. The van der Waals surface area contributed by atoms with Crippen LogP contribution in [0.5, 0.6) is 11.5 Å². The molecule has 0 aliphatic rings. The molecule has 2 aromatic carbocycles. The summed E-state index contributed by atoms with van der Waals surface area (Å²) in [4.78, 5) is 23.5. The van der Waals surface area contributed by atoms with Crippen molar-refractivity contribution in [3.05, 3.63) is 70.9 Å². The first-order valence-corrected chi connectivity index (χ1v) is 9.13. The smallest absolute Gasteiger partial charge is 0.262 e. The molecule has 0 fully saturated rings. The van der Waals surface area contributed by atoms with Gasteiger partial charge < -0.3 is 20.1 Å². The number of amides is 2. The monoisotopic (exact) mass is 460 g/mol. The number of carbonyl (C=O) groups excluding carboxylic acids is 2. The molecule has 2 amide bonds. The predicted molar refractivity (Wildman–Crippen MR) is 104 cm³/mol. The third kappa shape index (κ3) is 7.82. The van der Waals surface area contributed by atoms with Gasteiger partial charge >= 0.3 is 0 Å². The Labute approximate surface area is 179 Å². The van der Waals surface area contributed by atoms with E-state index in [9.17, 15) is 27.2 Å². The van der Waals surface area contributed by atoms with Gasteiger partial charge in [-0.25, -0.2) is 17.6 Å². The fourth-order valence-corrected chi connectivity index (χ4v) is 2.29. The fraction of sp³-hybridized carbons (Fsp3) is 0.200. The minimum atomic E-state index is -1.37. The average Bonchev–Trinajstić information content (AvgIpc) is 2.70. The van der Waals surface area contributed by atoms with Crippen molar-refractivity contribution in [3.63, 3.8) is 0 Å². The molecule has 31 heavy (non-hydrogen) atoms. The summed E-state index contributed by atoms with van der Waals surface area (Å²) in [6.45, 7) is 2.65. The van der Waals surface area contributed by atoms with Crippen molar-refractivity contribution in [2.45, 2.75) is 6.42 Å². The van der Waals surface area contributed by atoms with Crippen molar-refractivity contribution >= 4 is 23.4 Å². The Balaban J connectivity index is 1.65. The van der Waals surface area contributed by atoms with Gasteiger partial charge in [0.05, 0.1) is 5.02 Å². The number of nitrogens with one attached hydrogen (secondary N) is 2. The van der Waals surface area contributed by atoms with Gasteiger partial charge in [0.1, 0.15) is 11.6 Å². The minimum Gasteiger partial charge on any atom is -0.484 e. The maximum absolute atomic E-state index is 13.4. The highest BCUT2D eigenvalue weighted by Crippen LogP contribution is 2.21. The summed E-state index contributed by atoms with van der Waals surface area (Å²) in [6.07, 6.45) is 0.159. The first kappa shape index (κ1) is 24.0. The molecule has 2 rings (SSSR count). The molecular weight excluding hydrogens is 444 g/mol. The second kappa shape index (κ2) is 11.2. The number of rotatable bonds is 10. The van der Waals surface area contributed by atoms with Crippen LogP contribution in [0.4, 0.5) is 17.6 Å². The zero-order chi connectivity index (χ0) is 23.0. The van der Waals surface area contributed by atoms with Gasteiger partial charge in [-0.05, 0) is 12.1 Å². The summed E-state index contributed by atoms with van der Waals surface area (Å²) < 4.78 is 62.6. The molecule has 0 saturated carbocycles. The van der Waals surface area contributed by atoms with Crippen LogP contribution in [-0.4, -0.2) is 31.6 Å². The number of benzene rings is 2. The molecular formula is C20H17ClF4N2O4. The molecule has 0 saturated heterocycles. The van der Waals surface area contributed by atoms with E-state index in [4.69, 9.17) is 21.1 Å². The largest absolute Gasteiger partial charge is 0.484 e. The fourth-order valence-electron chi connectivity index (χ4n) is 2.17. The van der Waals surface area contributed by atoms with E-state index in [0.717, 1.165) is 6.07 Å². The minimum absolute atomic E-state index is 0.0603. The lowest BCUT2D eigenvalue weighted by Crippen LogP contribution is -2.33. The van der Waals surface area contributed by atoms with E-state index in [1.54, 1.807) is 0 Å². The van der Waals surface area contributed by atoms with Gasteiger partial charge in [-0.1, -0.05) is 18.2 Å². The Morgan fingerprint density at radius 3 is 2.29 bits per heavy atom. The van der Waals surface area contributed by atoms with Crippen molar-refractivity contribution in [3.8, 4) is 11.5 Å². The highest BCUT2D eigenvalue weighted by Gasteiger charge is 2.13. The van der Waals surface area contributed by atoms with Gasteiger partial charge in [-0.3, -0.25) is 9.59 Å². The first-order chi connectivity index (χ1) is 14.7. The van der Waals surface area contributed by atoms with Crippen LogP contribution in [0.1, 0.15) is 6.42 Å². The quantitative estimate of drug-likeness (QED) is 0.420. The van der Waals surface area contributed by atoms with Crippen LogP contribution in [0.3, 0.4) is 0 Å². The average molecular weight is 461 g/mol. The Bertz CT molecular complexity index is 988. The van der Waals surface area contributed by atoms with E-state index >= 15 is 0 Å². The zero-order valence-electron chi connectivity index (χ0n) is 15.9. The molecule has 0 spiro atoms. The Morgan fingerprint density at radius 1 is 0.903 bits per heavy atom. The molecule has 0 aromatic heterocycles. The van der Waals surface area contributed by atoms with Gasteiger partial charge in [-0.2, -0.15) is 0 Å². The second-order valence-corrected chi connectivity index (χ2v) is 6.51. The molecule has 0 aliphatic heterocycles. The van der Waals surface area contributed by atoms with Gasteiger partial charge in [0.2, 0.25) is 0 Å². The van der Waals surface area contributed by atoms with E-state index in [0.29, 0.717) is 12.1 Å².